The number of aromatic nitrogens is 2. The maximum atomic E-state index is 14.6. The Morgan fingerprint density at radius 3 is 2.41 bits per heavy atom. The second-order valence-corrected chi connectivity index (χ2v) is 15.8. The molecule has 218 valence electrons. The van der Waals surface area contributed by atoms with Crippen LogP contribution in [0.4, 0.5) is 4.79 Å². The van der Waals surface area contributed by atoms with Gasteiger partial charge in [0.1, 0.15) is 0 Å². The molecular weight excluding hydrogens is 512 g/mol. The van der Waals surface area contributed by atoms with Gasteiger partial charge in [0.25, 0.3) is 0 Å². The van der Waals surface area contributed by atoms with Crippen LogP contribution in [-0.4, -0.2) is 32.9 Å². The largest absolute Gasteiger partial charge is 0.342 e. The fourth-order valence-electron chi connectivity index (χ4n) is 10.5. The maximum Gasteiger partial charge on any atom is 0.342 e. The van der Waals surface area contributed by atoms with E-state index in [0.29, 0.717) is 0 Å². The van der Waals surface area contributed by atoms with E-state index in [1.54, 1.807) is 18.5 Å². The van der Waals surface area contributed by atoms with Crippen LogP contribution in [-0.2, 0) is 9.59 Å². The molecule has 0 spiro atoms. The quantitative estimate of drug-likeness (QED) is 0.387. The van der Waals surface area contributed by atoms with Crippen molar-refractivity contribution in [3.05, 3.63) is 53.3 Å². The summed E-state index contributed by atoms with van der Waals surface area (Å²) in [5.41, 5.74) is -0.863. The zero-order valence-corrected chi connectivity index (χ0v) is 25.6. The molecule has 7 heteroatoms. The fraction of sp³-hybridized carbons (Fsp3) is 0.676. The Morgan fingerprint density at radius 2 is 1.76 bits per heavy atom. The second kappa shape index (κ2) is 8.52. The van der Waals surface area contributed by atoms with Crippen LogP contribution in [0.3, 0.4) is 0 Å². The number of allylic oxidation sites excluding steroid dienone is 4. The highest BCUT2D eigenvalue weighted by Crippen LogP contribution is 2.73. The van der Waals surface area contributed by atoms with Crippen LogP contribution in [0, 0.1) is 51.4 Å². The lowest BCUT2D eigenvalue weighted by molar-refractivity contribution is -0.160. The normalized spacial score (nSPS) is 42.3. The van der Waals surface area contributed by atoms with Crippen LogP contribution in [0.25, 0.3) is 4.85 Å². The number of hydrogen-bond acceptors (Lipinski definition) is 4. The van der Waals surface area contributed by atoms with E-state index in [9.17, 15) is 14.4 Å². The number of carbonyl (C=O) groups is 3. The van der Waals surface area contributed by atoms with Crippen molar-refractivity contribution in [3.63, 3.8) is 0 Å². The summed E-state index contributed by atoms with van der Waals surface area (Å²) in [6, 6.07) is 1.52. The minimum Gasteiger partial charge on any atom is -0.330 e. The number of carbonyl (C=O) groups excluding carboxylic acids is 3. The standard InChI is InChI=1S/C34H44N4O3/c1-29(2)12-14-34(37-28(41)38-17-9-16-36-38)15-13-33(7)26(21(34)19-29)23(39)18-25-31(5)20-22(35-8)27(40)30(3,4)24(31)10-11-32(25,33)6/h9,16-18,20-21,24,26H,10-15,19H2,1-7H3,(H,37,41)/t21?,24-,26?,31-,32+,33+,34-/m0/s1. The lowest BCUT2D eigenvalue weighted by Crippen LogP contribution is -2.70. The molecule has 1 aromatic rings. The van der Waals surface area contributed by atoms with Gasteiger partial charge in [-0.2, -0.15) is 9.78 Å². The zero-order valence-electron chi connectivity index (χ0n) is 25.6. The first kappa shape index (κ1) is 28.1. The number of Topliss-reactive ketones (excluding diaryl/α,β-unsaturated/α-hetero) is 1. The summed E-state index contributed by atoms with van der Waals surface area (Å²) in [5, 5.41) is 7.59. The number of rotatable bonds is 1. The monoisotopic (exact) mass is 556 g/mol. The first-order chi connectivity index (χ1) is 19.0. The molecule has 41 heavy (non-hydrogen) atoms. The number of nitrogens with one attached hydrogen (secondary N) is 1. The molecule has 0 radical (unpaired) electrons. The van der Waals surface area contributed by atoms with Gasteiger partial charge in [-0.25, -0.2) is 9.64 Å². The molecule has 5 aliphatic carbocycles. The number of fused-ring (bicyclic) bond motifs is 7. The van der Waals surface area contributed by atoms with Gasteiger partial charge >= 0.3 is 6.03 Å². The van der Waals surface area contributed by atoms with E-state index in [0.717, 1.165) is 50.5 Å². The maximum absolute atomic E-state index is 14.6. The third-order valence-electron chi connectivity index (χ3n) is 12.9. The average molecular weight is 557 g/mol. The van der Waals surface area contributed by atoms with Gasteiger partial charge in [-0.3, -0.25) is 4.79 Å². The van der Waals surface area contributed by atoms with Crippen LogP contribution in [0.2, 0.25) is 0 Å². The molecule has 3 fully saturated rings. The predicted octanol–water partition coefficient (Wildman–Crippen LogP) is 6.77. The molecule has 1 amide bonds. The molecule has 1 aromatic heterocycles. The van der Waals surface area contributed by atoms with Gasteiger partial charge in [-0.05, 0) is 85.2 Å². The van der Waals surface area contributed by atoms with Gasteiger partial charge < -0.3 is 10.1 Å². The van der Waals surface area contributed by atoms with Crippen molar-refractivity contribution in [2.45, 2.75) is 99.0 Å². The summed E-state index contributed by atoms with van der Waals surface area (Å²) in [4.78, 5) is 44.9. The minimum absolute atomic E-state index is 0.0101. The first-order valence-electron chi connectivity index (χ1n) is 15.3. The molecular formula is C34H44N4O3. The fourth-order valence-corrected chi connectivity index (χ4v) is 10.5. The highest BCUT2D eigenvalue weighted by Gasteiger charge is 2.70. The average Bonchev–Trinajstić information content (AvgIpc) is 3.44. The van der Waals surface area contributed by atoms with Crippen LogP contribution < -0.4 is 5.32 Å². The topological polar surface area (TPSA) is 85.4 Å². The highest BCUT2D eigenvalue weighted by molar-refractivity contribution is 6.03. The molecule has 0 bridgehead atoms. The Balaban J connectivity index is 1.48. The molecule has 7 atom stereocenters. The Kier molecular flexibility index (Phi) is 5.84. The van der Waals surface area contributed by atoms with Crippen molar-refractivity contribution in [2.24, 2.45) is 44.8 Å². The molecule has 7 nitrogen and oxygen atoms in total. The van der Waals surface area contributed by atoms with Gasteiger partial charge in [-0.1, -0.05) is 60.1 Å². The molecule has 1 N–H and O–H groups in total. The summed E-state index contributed by atoms with van der Waals surface area (Å²) >= 11 is 0. The van der Waals surface area contributed by atoms with Gasteiger partial charge in [0, 0.05) is 34.7 Å². The van der Waals surface area contributed by atoms with Gasteiger partial charge in [0.2, 0.25) is 5.70 Å². The summed E-state index contributed by atoms with van der Waals surface area (Å²) in [6.07, 6.45) is 13.2. The van der Waals surface area contributed by atoms with Crippen molar-refractivity contribution in [1.29, 1.82) is 0 Å². The van der Waals surface area contributed by atoms with Crippen LogP contribution in [0.1, 0.15) is 93.4 Å². The molecule has 5 aliphatic rings. The van der Waals surface area contributed by atoms with Crippen molar-refractivity contribution in [2.75, 3.05) is 0 Å². The van der Waals surface area contributed by atoms with E-state index in [2.05, 4.69) is 49.9 Å². The van der Waals surface area contributed by atoms with E-state index in [1.165, 1.54) is 4.68 Å². The van der Waals surface area contributed by atoms with Gasteiger partial charge in [-0.15, -0.1) is 0 Å². The zero-order chi connectivity index (χ0) is 29.8. The Labute approximate surface area is 244 Å². The van der Waals surface area contributed by atoms with Crippen LogP contribution in [0.15, 0.2) is 41.9 Å². The number of hydrogen-bond donors (Lipinski definition) is 1. The summed E-state index contributed by atoms with van der Waals surface area (Å²) in [5.74, 6) is -0.106. The Bertz CT molecular complexity index is 1440. The first-order valence-corrected chi connectivity index (χ1v) is 15.3. The van der Waals surface area contributed by atoms with E-state index < -0.39 is 16.4 Å². The molecule has 3 saturated carbocycles. The van der Waals surface area contributed by atoms with Crippen LogP contribution >= 0.6 is 0 Å². The highest BCUT2D eigenvalue weighted by atomic mass is 16.2. The van der Waals surface area contributed by atoms with E-state index in [4.69, 9.17) is 6.57 Å². The molecule has 0 aromatic carbocycles. The minimum atomic E-state index is -0.668. The lowest BCUT2D eigenvalue weighted by atomic mass is 9.35. The molecule has 2 unspecified atom stereocenters. The third-order valence-corrected chi connectivity index (χ3v) is 12.9. The van der Waals surface area contributed by atoms with Gasteiger partial charge in [0.15, 0.2) is 11.6 Å². The third kappa shape index (κ3) is 3.61. The Morgan fingerprint density at radius 1 is 1.05 bits per heavy atom. The SMILES string of the molecule is [C-]#[N+]C1=C[C@]2(C)C3=CC(=O)C4C5CC(C)(C)CC[C@]5(NC(=O)n5cccn5)CC[C@@]4(C)[C@]3(C)CC[C@H]2C(C)(C)C1=O. The van der Waals surface area contributed by atoms with Crippen LogP contribution in [0.5, 0.6) is 0 Å². The molecule has 6 rings (SSSR count). The van der Waals surface area contributed by atoms with Crippen molar-refractivity contribution in [1.82, 2.24) is 15.1 Å². The molecule has 0 saturated heterocycles. The lowest BCUT2D eigenvalue weighted by Gasteiger charge is -2.69. The Hall–Kier alpha value is -3.01. The van der Waals surface area contributed by atoms with Gasteiger partial charge in [0.05, 0.1) is 6.57 Å². The second-order valence-electron chi connectivity index (χ2n) is 15.8. The number of ketones is 2. The van der Waals surface area contributed by atoms with E-state index in [-0.39, 0.29) is 57.3 Å². The van der Waals surface area contributed by atoms with Crippen molar-refractivity contribution < 1.29 is 14.4 Å². The van der Waals surface area contributed by atoms with Crippen molar-refractivity contribution in [3.8, 4) is 0 Å². The molecule has 0 aliphatic heterocycles. The summed E-state index contributed by atoms with van der Waals surface area (Å²) in [7, 11) is 0. The smallest absolute Gasteiger partial charge is 0.330 e. The number of amides is 1. The summed E-state index contributed by atoms with van der Waals surface area (Å²) in [6.45, 7) is 23.2. The van der Waals surface area contributed by atoms with E-state index in [1.807, 2.05) is 26.0 Å². The predicted molar refractivity (Wildman–Crippen MR) is 156 cm³/mol. The summed E-state index contributed by atoms with van der Waals surface area (Å²) < 4.78 is 1.36. The number of nitrogens with zero attached hydrogens (tertiary/aromatic N) is 3. The molecule has 1 heterocycles. The van der Waals surface area contributed by atoms with Crippen molar-refractivity contribution >= 4 is 17.6 Å². The van der Waals surface area contributed by atoms with E-state index >= 15 is 0 Å².